The van der Waals surface area contributed by atoms with E-state index in [-0.39, 0.29) is 17.2 Å². The van der Waals surface area contributed by atoms with Gasteiger partial charge in [-0.1, -0.05) is 30.3 Å². The number of carbonyl (C=O) groups is 1. The second-order valence-corrected chi connectivity index (χ2v) is 8.89. The van der Waals surface area contributed by atoms with Crippen LogP contribution in [0.2, 0.25) is 0 Å². The van der Waals surface area contributed by atoms with Gasteiger partial charge in [0.05, 0.1) is 18.6 Å². The first kappa shape index (κ1) is 20.0. The van der Waals surface area contributed by atoms with Gasteiger partial charge in [-0.3, -0.25) is 4.72 Å². The molecule has 0 aromatic heterocycles. The Morgan fingerprint density at radius 1 is 1.14 bits per heavy atom. The molecule has 1 fully saturated rings. The number of hydrogen-bond acceptors (Lipinski definition) is 4. The van der Waals surface area contributed by atoms with Crippen LogP contribution in [0.15, 0.2) is 48.5 Å². The quantitative estimate of drug-likeness (QED) is 0.630. The van der Waals surface area contributed by atoms with E-state index >= 15 is 0 Å². The summed E-state index contributed by atoms with van der Waals surface area (Å²) in [6.07, 6.45) is 2.11. The Morgan fingerprint density at radius 3 is 2.46 bits per heavy atom. The molecule has 0 heterocycles. The van der Waals surface area contributed by atoms with Gasteiger partial charge in [-0.05, 0) is 37.5 Å². The van der Waals surface area contributed by atoms with E-state index in [1.165, 1.54) is 12.7 Å². The molecule has 0 radical (unpaired) electrons. The minimum Gasteiger partial charge on any atom is -0.494 e. The van der Waals surface area contributed by atoms with Crippen LogP contribution in [0.25, 0.3) is 0 Å². The highest BCUT2D eigenvalue weighted by Crippen LogP contribution is 2.47. The molecule has 1 aliphatic rings. The molecule has 0 atom stereocenters. The molecule has 3 N–H and O–H groups in total. The van der Waals surface area contributed by atoms with Crippen LogP contribution in [-0.2, 0) is 15.4 Å². The highest BCUT2D eigenvalue weighted by Gasteiger charge is 2.44. The largest absolute Gasteiger partial charge is 0.494 e. The molecule has 0 saturated heterocycles. The van der Waals surface area contributed by atoms with Crippen molar-refractivity contribution in [2.24, 2.45) is 0 Å². The van der Waals surface area contributed by atoms with E-state index in [1.807, 2.05) is 18.2 Å². The van der Waals surface area contributed by atoms with Crippen molar-refractivity contribution in [3.63, 3.8) is 0 Å². The van der Waals surface area contributed by atoms with Crippen molar-refractivity contribution in [1.82, 2.24) is 5.32 Å². The summed E-state index contributed by atoms with van der Waals surface area (Å²) in [7, 11) is -1.97. The Hall–Kier alpha value is -2.74. The first-order valence-electron chi connectivity index (χ1n) is 9.16. The molecule has 1 saturated carbocycles. The Bertz CT molecular complexity index is 941. The van der Waals surface area contributed by atoms with Gasteiger partial charge in [-0.2, -0.15) is 0 Å². The van der Waals surface area contributed by atoms with Crippen molar-refractivity contribution in [3.05, 3.63) is 54.1 Å². The van der Waals surface area contributed by atoms with E-state index in [0.29, 0.717) is 23.7 Å². The fourth-order valence-corrected chi connectivity index (χ4v) is 3.68. The van der Waals surface area contributed by atoms with E-state index in [0.717, 1.165) is 12.8 Å². The molecule has 0 unspecified atom stereocenters. The summed E-state index contributed by atoms with van der Waals surface area (Å²) in [5, 5.41) is 5.69. The lowest BCUT2D eigenvalue weighted by Gasteiger charge is -2.17. The monoisotopic (exact) mass is 403 g/mol. The molecule has 3 rings (SSSR count). The number of amides is 2. The van der Waals surface area contributed by atoms with Gasteiger partial charge in [-0.15, -0.1) is 0 Å². The van der Waals surface area contributed by atoms with Gasteiger partial charge in [0.1, 0.15) is 5.75 Å². The van der Waals surface area contributed by atoms with Crippen molar-refractivity contribution in [3.8, 4) is 5.75 Å². The fourth-order valence-electron chi connectivity index (χ4n) is 3.03. The van der Waals surface area contributed by atoms with Gasteiger partial charge in [0.15, 0.2) is 0 Å². The zero-order valence-corrected chi connectivity index (χ0v) is 16.8. The SMILES string of the molecule is CCS(=O)(=O)Nc1ccc(NC(=O)NCC2(c3ccccc3)CC2)cc1OC. The molecule has 150 valence electrons. The minimum atomic E-state index is -3.42. The molecule has 28 heavy (non-hydrogen) atoms. The van der Waals surface area contributed by atoms with Gasteiger partial charge < -0.3 is 15.4 Å². The van der Waals surface area contributed by atoms with E-state index in [9.17, 15) is 13.2 Å². The van der Waals surface area contributed by atoms with Crippen molar-refractivity contribution < 1.29 is 17.9 Å². The van der Waals surface area contributed by atoms with Gasteiger partial charge in [0, 0.05) is 23.7 Å². The number of ether oxygens (including phenoxy) is 1. The molecule has 0 spiro atoms. The van der Waals surface area contributed by atoms with Gasteiger partial charge in [-0.25, -0.2) is 13.2 Å². The number of nitrogens with one attached hydrogen (secondary N) is 3. The second kappa shape index (κ2) is 8.10. The third-order valence-corrected chi connectivity index (χ3v) is 6.22. The maximum atomic E-state index is 12.3. The molecule has 2 amide bonds. The summed E-state index contributed by atoms with van der Waals surface area (Å²) in [5.41, 5.74) is 2.11. The highest BCUT2D eigenvalue weighted by atomic mass is 32.2. The summed E-state index contributed by atoms with van der Waals surface area (Å²) in [5.74, 6) is 0.291. The van der Waals surface area contributed by atoms with Crippen molar-refractivity contribution in [2.45, 2.75) is 25.2 Å². The first-order chi connectivity index (χ1) is 13.4. The number of rotatable bonds is 8. The number of urea groups is 1. The molecule has 2 aromatic rings. The zero-order chi connectivity index (χ0) is 20.2. The molecule has 0 bridgehead atoms. The van der Waals surface area contributed by atoms with E-state index < -0.39 is 10.0 Å². The van der Waals surface area contributed by atoms with Crippen LogP contribution in [-0.4, -0.2) is 33.9 Å². The Labute approximate surface area is 165 Å². The Morgan fingerprint density at radius 2 is 1.86 bits per heavy atom. The average molecular weight is 404 g/mol. The fraction of sp³-hybridized carbons (Fsp3) is 0.350. The maximum absolute atomic E-state index is 12.3. The standard InChI is InChI=1S/C20H25N3O4S/c1-3-28(25,26)23-17-10-9-16(13-18(17)27-2)22-19(24)21-14-20(11-12-20)15-7-5-4-6-8-15/h4-10,13,23H,3,11-12,14H2,1-2H3,(H2,21,22,24). The third kappa shape index (κ3) is 4.75. The molecule has 2 aromatic carbocycles. The molecule has 1 aliphatic carbocycles. The molecule has 7 nitrogen and oxygen atoms in total. The van der Waals surface area contributed by atoms with E-state index in [1.54, 1.807) is 25.1 Å². The molecule has 8 heteroatoms. The average Bonchev–Trinajstić information content (AvgIpc) is 3.49. The Kier molecular flexibility index (Phi) is 5.79. The Balaban J connectivity index is 1.61. The summed E-state index contributed by atoms with van der Waals surface area (Å²) < 4.78 is 31.2. The highest BCUT2D eigenvalue weighted by molar-refractivity contribution is 7.92. The van der Waals surface area contributed by atoms with Gasteiger partial charge in [0.2, 0.25) is 10.0 Å². The summed E-state index contributed by atoms with van der Waals surface area (Å²) in [4.78, 5) is 12.3. The zero-order valence-electron chi connectivity index (χ0n) is 16.0. The lowest BCUT2D eigenvalue weighted by molar-refractivity contribution is 0.251. The summed E-state index contributed by atoms with van der Waals surface area (Å²) in [6, 6.07) is 14.6. The van der Waals surface area contributed by atoms with Crippen LogP contribution in [0.3, 0.4) is 0 Å². The van der Waals surface area contributed by atoms with E-state index in [2.05, 4.69) is 27.5 Å². The smallest absolute Gasteiger partial charge is 0.319 e. The summed E-state index contributed by atoms with van der Waals surface area (Å²) >= 11 is 0. The van der Waals surface area contributed by atoms with Crippen molar-refractivity contribution >= 4 is 27.4 Å². The number of methoxy groups -OCH3 is 1. The first-order valence-corrected chi connectivity index (χ1v) is 10.8. The topological polar surface area (TPSA) is 96.5 Å². The van der Waals surface area contributed by atoms with Crippen molar-refractivity contribution in [1.29, 1.82) is 0 Å². The van der Waals surface area contributed by atoms with Gasteiger partial charge in [0.25, 0.3) is 0 Å². The normalized spacial score (nSPS) is 14.8. The number of carbonyl (C=O) groups excluding carboxylic acids is 1. The second-order valence-electron chi connectivity index (χ2n) is 6.87. The number of benzene rings is 2. The number of hydrogen-bond donors (Lipinski definition) is 3. The van der Waals surface area contributed by atoms with E-state index in [4.69, 9.17) is 4.74 Å². The predicted molar refractivity (Wildman–Crippen MR) is 110 cm³/mol. The molecular formula is C20H25N3O4S. The number of anilines is 2. The van der Waals surface area contributed by atoms with Crippen molar-refractivity contribution in [2.75, 3.05) is 29.4 Å². The summed E-state index contributed by atoms with van der Waals surface area (Å²) in [6.45, 7) is 2.12. The van der Waals surface area contributed by atoms with Crippen LogP contribution in [0.4, 0.5) is 16.2 Å². The lowest BCUT2D eigenvalue weighted by Crippen LogP contribution is -2.35. The lowest BCUT2D eigenvalue weighted by atomic mass is 9.96. The molecular weight excluding hydrogens is 378 g/mol. The van der Waals surface area contributed by atoms with Crippen LogP contribution >= 0.6 is 0 Å². The van der Waals surface area contributed by atoms with Gasteiger partial charge >= 0.3 is 6.03 Å². The molecule has 0 aliphatic heterocycles. The minimum absolute atomic E-state index is 0.0264. The number of sulfonamides is 1. The third-order valence-electron chi connectivity index (χ3n) is 4.93. The van der Waals surface area contributed by atoms with Crippen LogP contribution in [0.1, 0.15) is 25.3 Å². The maximum Gasteiger partial charge on any atom is 0.319 e. The predicted octanol–water partition coefficient (Wildman–Crippen LogP) is 3.31. The van der Waals surface area contributed by atoms with Crippen LogP contribution in [0, 0.1) is 0 Å². The van der Waals surface area contributed by atoms with Crippen LogP contribution in [0.5, 0.6) is 5.75 Å². The van der Waals surface area contributed by atoms with Crippen LogP contribution < -0.4 is 20.1 Å².